The third-order valence-corrected chi connectivity index (χ3v) is 8.07. The van der Waals surface area contributed by atoms with E-state index in [9.17, 15) is 9.59 Å². The molecule has 0 saturated carbocycles. The van der Waals surface area contributed by atoms with Crippen molar-refractivity contribution in [2.75, 3.05) is 36.0 Å². The molecule has 0 aliphatic carbocycles. The topological polar surface area (TPSA) is 53.1 Å². The molecule has 2 aliphatic rings. The van der Waals surface area contributed by atoms with Crippen molar-refractivity contribution in [1.29, 1.82) is 0 Å². The Bertz CT molecular complexity index is 1660. The van der Waals surface area contributed by atoms with E-state index < -0.39 is 0 Å². The minimum Gasteiger partial charge on any atom is -0.449 e. The summed E-state index contributed by atoms with van der Waals surface area (Å²) in [5.74, 6) is 0.627. The van der Waals surface area contributed by atoms with Gasteiger partial charge >= 0.3 is 0 Å². The first-order valence-corrected chi connectivity index (χ1v) is 14.5. The predicted molar refractivity (Wildman–Crippen MR) is 168 cm³/mol. The molecular weight excluding hydrogens is 546 g/mol. The number of nitrogens with zero attached hydrogens (tertiary/aromatic N) is 3. The standard InChI is InChI=1S/C35H32ClN3O3/c1-24-7-8-25(2)31(21-24)37-17-19-38(20-18-37)34(40)28-13-9-26(10-14-28)22-33-35(41)39(23-27-11-15-29(36)16-12-27)30-5-3-4-6-32(30)42-33/h3-16,21-22H,17-20,23H2,1-2H3. The highest BCUT2D eigenvalue weighted by Crippen LogP contribution is 2.36. The van der Waals surface area contributed by atoms with Gasteiger partial charge in [0.2, 0.25) is 0 Å². The zero-order valence-corrected chi connectivity index (χ0v) is 24.5. The van der Waals surface area contributed by atoms with E-state index in [1.165, 1.54) is 16.8 Å². The minimum absolute atomic E-state index is 0.0166. The minimum atomic E-state index is -0.231. The number of carbonyl (C=O) groups excluding carboxylic acids is 2. The van der Waals surface area contributed by atoms with Gasteiger partial charge in [-0.3, -0.25) is 14.5 Å². The highest BCUT2D eigenvalue weighted by molar-refractivity contribution is 6.30. The Morgan fingerprint density at radius 3 is 2.31 bits per heavy atom. The Kier molecular flexibility index (Phi) is 7.72. The highest BCUT2D eigenvalue weighted by Gasteiger charge is 2.30. The number of halogens is 1. The summed E-state index contributed by atoms with van der Waals surface area (Å²) in [6, 6.07) is 28.8. The number of para-hydroxylation sites is 2. The molecule has 0 radical (unpaired) electrons. The summed E-state index contributed by atoms with van der Waals surface area (Å²) in [6.07, 6.45) is 1.73. The average molecular weight is 578 g/mol. The van der Waals surface area contributed by atoms with Crippen LogP contribution in [0.3, 0.4) is 0 Å². The molecule has 212 valence electrons. The van der Waals surface area contributed by atoms with Crippen LogP contribution in [0.1, 0.15) is 32.6 Å². The second-order valence-electron chi connectivity index (χ2n) is 10.8. The van der Waals surface area contributed by atoms with Crippen LogP contribution in [0.15, 0.2) is 96.8 Å². The maximum Gasteiger partial charge on any atom is 0.294 e. The molecule has 0 aromatic heterocycles. The van der Waals surface area contributed by atoms with Crippen molar-refractivity contribution in [2.24, 2.45) is 0 Å². The maximum absolute atomic E-state index is 13.6. The number of ether oxygens (including phenoxy) is 1. The lowest BCUT2D eigenvalue weighted by atomic mass is 10.1. The number of carbonyl (C=O) groups is 2. The number of hydrogen-bond acceptors (Lipinski definition) is 4. The molecule has 7 heteroatoms. The van der Waals surface area contributed by atoms with Gasteiger partial charge in [0.1, 0.15) is 0 Å². The maximum atomic E-state index is 13.6. The second kappa shape index (κ2) is 11.7. The van der Waals surface area contributed by atoms with E-state index in [1.807, 2.05) is 77.7 Å². The Balaban J connectivity index is 1.15. The summed E-state index contributed by atoms with van der Waals surface area (Å²) in [7, 11) is 0. The lowest BCUT2D eigenvalue weighted by molar-refractivity contribution is -0.117. The zero-order valence-electron chi connectivity index (χ0n) is 23.7. The molecule has 2 amide bonds. The zero-order chi connectivity index (χ0) is 29.2. The van der Waals surface area contributed by atoms with Crippen molar-refractivity contribution in [3.05, 3.63) is 130 Å². The molecule has 0 spiro atoms. The summed E-state index contributed by atoms with van der Waals surface area (Å²) in [5, 5.41) is 0.648. The molecule has 1 saturated heterocycles. The van der Waals surface area contributed by atoms with E-state index in [-0.39, 0.29) is 17.6 Å². The number of amides is 2. The first-order valence-electron chi connectivity index (χ1n) is 14.1. The SMILES string of the molecule is Cc1ccc(C)c(N2CCN(C(=O)c3ccc(C=C4Oc5ccccc5N(Cc5ccc(Cl)cc5)C4=O)cc3)CC2)c1. The van der Waals surface area contributed by atoms with Crippen molar-refractivity contribution in [3.63, 3.8) is 0 Å². The number of piperazine rings is 1. The Morgan fingerprint density at radius 2 is 1.57 bits per heavy atom. The molecule has 4 aromatic rings. The molecular formula is C35H32ClN3O3. The van der Waals surface area contributed by atoms with Gasteiger partial charge in [0, 0.05) is 42.5 Å². The highest BCUT2D eigenvalue weighted by atomic mass is 35.5. The van der Waals surface area contributed by atoms with Gasteiger partial charge in [-0.1, -0.05) is 60.1 Å². The van der Waals surface area contributed by atoms with Gasteiger partial charge in [0.15, 0.2) is 11.5 Å². The van der Waals surface area contributed by atoms with Gasteiger partial charge in [0.25, 0.3) is 11.8 Å². The monoisotopic (exact) mass is 577 g/mol. The van der Waals surface area contributed by atoms with Crippen molar-refractivity contribution in [2.45, 2.75) is 20.4 Å². The largest absolute Gasteiger partial charge is 0.449 e. The molecule has 2 aliphatic heterocycles. The van der Waals surface area contributed by atoms with E-state index >= 15 is 0 Å². The second-order valence-corrected chi connectivity index (χ2v) is 11.2. The van der Waals surface area contributed by atoms with Crippen molar-refractivity contribution >= 4 is 40.9 Å². The smallest absolute Gasteiger partial charge is 0.294 e. The quantitative estimate of drug-likeness (QED) is 0.243. The third kappa shape index (κ3) is 5.76. The van der Waals surface area contributed by atoms with Gasteiger partial charge in [-0.2, -0.15) is 0 Å². The Hall–Kier alpha value is -4.55. The fourth-order valence-corrected chi connectivity index (χ4v) is 5.58. The van der Waals surface area contributed by atoms with Gasteiger partial charge in [-0.05, 0) is 84.6 Å². The summed E-state index contributed by atoms with van der Waals surface area (Å²) in [6.45, 7) is 7.56. The van der Waals surface area contributed by atoms with Crippen LogP contribution in [0, 0.1) is 13.8 Å². The van der Waals surface area contributed by atoms with Crippen LogP contribution in [0.25, 0.3) is 6.08 Å². The van der Waals surface area contributed by atoms with Crippen LogP contribution in [-0.2, 0) is 11.3 Å². The number of benzene rings is 4. The van der Waals surface area contributed by atoms with E-state index in [2.05, 4.69) is 36.9 Å². The number of fused-ring (bicyclic) bond motifs is 1. The first kappa shape index (κ1) is 27.6. The van der Waals surface area contributed by atoms with Crippen molar-refractivity contribution in [3.8, 4) is 5.75 Å². The summed E-state index contributed by atoms with van der Waals surface area (Å²) < 4.78 is 6.04. The average Bonchev–Trinajstić information content (AvgIpc) is 3.01. The Morgan fingerprint density at radius 1 is 0.857 bits per heavy atom. The molecule has 2 heterocycles. The fraction of sp³-hybridized carbons (Fsp3) is 0.200. The van der Waals surface area contributed by atoms with Gasteiger partial charge in [-0.15, -0.1) is 0 Å². The van der Waals surface area contributed by atoms with Crippen molar-refractivity contribution < 1.29 is 14.3 Å². The molecule has 6 nitrogen and oxygen atoms in total. The summed E-state index contributed by atoms with van der Waals surface area (Å²) in [5.41, 5.74) is 6.82. The molecule has 0 unspecified atom stereocenters. The lowest BCUT2D eigenvalue weighted by Crippen LogP contribution is -2.49. The van der Waals surface area contributed by atoms with E-state index in [0.29, 0.717) is 41.7 Å². The van der Waals surface area contributed by atoms with Crippen LogP contribution in [0.4, 0.5) is 11.4 Å². The molecule has 0 bridgehead atoms. The predicted octanol–water partition coefficient (Wildman–Crippen LogP) is 6.89. The van der Waals surface area contributed by atoms with Gasteiger partial charge in [0.05, 0.1) is 12.2 Å². The number of aryl methyl sites for hydroxylation is 2. The number of hydrogen-bond donors (Lipinski definition) is 0. The molecule has 4 aromatic carbocycles. The molecule has 1 fully saturated rings. The lowest BCUT2D eigenvalue weighted by Gasteiger charge is -2.37. The van der Waals surface area contributed by atoms with Crippen LogP contribution >= 0.6 is 11.6 Å². The Labute approximate surface area is 251 Å². The van der Waals surface area contributed by atoms with E-state index in [1.54, 1.807) is 11.0 Å². The third-order valence-electron chi connectivity index (χ3n) is 7.81. The van der Waals surface area contributed by atoms with E-state index in [0.717, 1.165) is 24.2 Å². The molecule has 0 N–H and O–H groups in total. The molecule has 42 heavy (non-hydrogen) atoms. The van der Waals surface area contributed by atoms with Crippen LogP contribution < -0.4 is 14.5 Å². The summed E-state index contributed by atoms with van der Waals surface area (Å²) in [4.78, 5) is 32.8. The van der Waals surface area contributed by atoms with E-state index in [4.69, 9.17) is 16.3 Å². The normalized spacial score (nSPS) is 15.9. The molecule has 6 rings (SSSR count). The van der Waals surface area contributed by atoms with Crippen LogP contribution in [0.5, 0.6) is 5.75 Å². The molecule has 0 atom stereocenters. The van der Waals surface area contributed by atoms with Gasteiger partial charge in [-0.25, -0.2) is 0 Å². The van der Waals surface area contributed by atoms with Crippen LogP contribution in [-0.4, -0.2) is 42.9 Å². The number of anilines is 2. The van der Waals surface area contributed by atoms with Crippen LogP contribution in [0.2, 0.25) is 5.02 Å². The first-order chi connectivity index (χ1) is 20.4. The summed E-state index contributed by atoms with van der Waals surface area (Å²) >= 11 is 6.06. The number of rotatable bonds is 5. The van der Waals surface area contributed by atoms with Gasteiger partial charge < -0.3 is 14.5 Å². The fourth-order valence-electron chi connectivity index (χ4n) is 5.46. The van der Waals surface area contributed by atoms with Crippen molar-refractivity contribution in [1.82, 2.24) is 4.90 Å².